The van der Waals surface area contributed by atoms with Gasteiger partial charge in [-0.3, -0.25) is 9.59 Å². The van der Waals surface area contributed by atoms with Crippen LogP contribution in [0.1, 0.15) is 67.9 Å². The van der Waals surface area contributed by atoms with E-state index in [1.165, 1.54) is 14.2 Å². The molecule has 1 aromatic heterocycles. The summed E-state index contributed by atoms with van der Waals surface area (Å²) in [6.07, 6.45) is 6.53. The van der Waals surface area contributed by atoms with Crippen molar-refractivity contribution in [2.75, 3.05) is 27.8 Å². The molecule has 2 fully saturated rings. The maximum absolute atomic E-state index is 14.1. The number of ether oxygens (including phenoxy) is 3. The molecule has 2 aromatic rings. The lowest BCUT2D eigenvalue weighted by Crippen LogP contribution is -2.55. The van der Waals surface area contributed by atoms with E-state index in [0.29, 0.717) is 29.5 Å². The third-order valence-corrected chi connectivity index (χ3v) is 11.9. The van der Waals surface area contributed by atoms with Crippen molar-refractivity contribution in [1.29, 1.82) is 0 Å². The number of nitrogens with one attached hydrogen (secondary N) is 2. The molecule has 1 aliphatic carbocycles. The standard InChI is InChI=1S/C33H40I2N4O7/c1-17-10-8-6-7-9-11-23(36-3)30(41)39-16-19(12-25(39)29(40)38-33(15-21(17)33)32(43)45-5)46-26-14-24(31(42)44-4)37-28-20(26)13-22(34)18(2)27(28)35/h10,13-14,19,21,23,25,36H,6-9,11-12,15-16H2,1-5H3,(H,38,40)/b17-10-/t19-,21?,23+,25+,33-/m1/s1. The largest absolute Gasteiger partial charge is 0.488 e. The summed E-state index contributed by atoms with van der Waals surface area (Å²) in [5.41, 5.74) is 1.63. The van der Waals surface area contributed by atoms with Crippen molar-refractivity contribution < 1.29 is 33.4 Å². The number of carbonyl (C=O) groups excluding carboxylic acids is 4. The lowest BCUT2D eigenvalue weighted by Gasteiger charge is -2.29. The predicted octanol–water partition coefficient (Wildman–Crippen LogP) is 4.43. The normalized spacial score (nSPS) is 28.2. The molecule has 46 heavy (non-hydrogen) atoms. The summed E-state index contributed by atoms with van der Waals surface area (Å²) in [6, 6.07) is 2.17. The number of halogens is 2. The van der Waals surface area contributed by atoms with Crippen LogP contribution >= 0.6 is 45.2 Å². The Morgan fingerprint density at radius 1 is 1.11 bits per heavy atom. The maximum Gasteiger partial charge on any atom is 0.356 e. The molecule has 2 amide bonds. The second-order valence-electron chi connectivity index (χ2n) is 12.3. The highest BCUT2D eigenvalue weighted by Gasteiger charge is 2.63. The number of hydrogen-bond donors (Lipinski definition) is 2. The molecule has 11 nitrogen and oxygen atoms in total. The molecular formula is C33H40I2N4O7. The van der Waals surface area contributed by atoms with Gasteiger partial charge in [0.15, 0.2) is 5.69 Å². The summed E-state index contributed by atoms with van der Waals surface area (Å²) in [7, 11) is 4.38. The van der Waals surface area contributed by atoms with Gasteiger partial charge in [0.2, 0.25) is 11.8 Å². The molecule has 5 rings (SSSR count). The number of amides is 2. The average Bonchev–Trinajstić information content (AvgIpc) is 3.62. The first-order valence-corrected chi connectivity index (χ1v) is 17.7. The lowest BCUT2D eigenvalue weighted by molar-refractivity contribution is -0.148. The molecule has 1 saturated carbocycles. The Hall–Kier alpha value is -2.53. The van der Waals surface area contributed by atoms with Crippen LogP contribution in [0.2, 0.25) is 0 Å². The van der Waals surface area contributed by atoms with Crippen LogP contribution < -0.4 is 15.4 Å². The molecule has 0 spiro atoms. The number of hydrogen-bond acceptors (Lipinski definition) is 9. The number of pyridine rings is 1. The number of allylic oxidation sites excluding steroid dienone is 1. The van der Waals surface area contributed by atoms with Gasteiger partial charge in [-0.25, -0.2) is 14.6 Å². The van der Waals surface area contributed by atoms with E-state index in [0.717, 1.165) is 44.0 Å². The number of likely N-dealkylation sites (N-methyl/N-ethyl adjacent to an activating group) is 1. The van der Waals surface area contributed by atoms with E-state index in [4.69, 9.17) is 14.2 Å². The van der Waals surface area contributed by atoms with Crippen LogP contribution in [0.25, 0.3) is 10.9 Å². The van der Waals surface area contributed by atoms with Gasteiger partial charge in [0, 0.05) is 30.9 Å². The van der Waals surface area contributed by atoms with Gasteiger partial charge in [-0.1, -0.05) is 24.5 Å². The Kier molecular flexibility index (Phi) is 10.8. The topological polar surface area (TPSA) is 136 Å². The van der Waals surface area contributed by atoms with Crippen molar-refractivity contribution in [1.82, 2.24) is 20.5 Å². The lowest BCUT2D eigenvalue weighted by atomic mass is 10.0. The maximum atomic E-state index is 14.1. The number of esters is 2. The number of methoxy groups -OCH3 is 2. The Bertz CT molecular complexity index is 1600. The van der Waals surface area contributed by atoms with Gasteiger partial charge in [0.1, 0.15) is 23.4 Å². The number of fused-ring (bicyclic) bond motifs is 3. The second kappa shape index (κ2) is 14.3. The fourth-order valence-corrected chi connectivity index (χ4v) is 8.46. The molecule has 3 aliphatic rings. The zero-order valence-corrected chi connectivity index (χ0v) is 31.0. The van der Waals surface area contributed by atoms with E-state index in [9.17, 15) is 19.2 Å². The van der Waals surface area contributed by atoms with Crippen LogP contribution in [-0.4, -0.2) is 85.2 Å². The van der Waals surface area contributed by atoms with Crippen molar-refractivity contribution in [3.8, 4) is 5.75 Å². The average molecular weight is 859 g/mol. The van der Waals surface area contributed by atoms with Crippen molar-refractivity contribution in [2.24, 2.45) is 5.92 Å². The highest BCUT2D eigenvalue weighted by atomic mass is 127. The van der Waals surface area contributed by atoms with Crippen molar-refractivity contribution in [3.05, 3.63) is 42.2 Å². The molecule has 13 heteroatoms. The van der Waals surface area contributed by atoms with E-state index < -0.39 is 41.6 Å². The number of nitrogens with zero attached hydrogens (tertiary/aromatic N) is 2. The summed E-state index contributed by atoms with van der Waals surface area (Å²) in [6.45, 7) is 4.14. The fourth-order valence-electron chi connectivity index (χ4n) is 6.66. The first-order chi connectivity index (χ1) is 21.9. The van der Waals surface area contributed by atoms with Gasteiger partial charge < -0.3 is 29.7 Å². The zero-order chi connectivity index (χ0) is 33.3. The fraction of sp³-hybridized carbons (Fsp3) is 0.545. The molecular weight excluding hydrogens is 818 g/mol. The molecule has 3 heterocycles. The van der Waals surface area contributed by atoms with Gasteiger partial charge in [-0.2, -0.15) is 0 Å². The molecule has 248 valence electrons. The predicted molar refractivity (Wildman–Crippen MR) is 188 cm³/mol. The summed E-state index contributed by atoms with van der Waals surface area (Å²) in [5, 5.41) is 6.88. The molecule has 1 aromatic carbocycles. The third kappa shape index (κ3) is 6.73. The summed E-state index contributed by atoms with van der Waals surface area (Å²) in [5.74, 6) is -1.43. The van der Waals surface area contributed by atoms with Gasteiger partial charge in [0.05, 0.1) is 32.3 Å². The first kappa shape index (κ1) is 34.8. The highest BCUT2D eigenvalue weighted by molar-refractivity contribution is 14.1. The smallest absolute Gasteiger partial charge is 0.356 e. The molecule has 0 radical (unpaired) electrons. The molecule has 1 unspecified atom stereocenters. The number of carbonyl (C=O) groups is 4. The summed E-state index contributed by atoms with van der Waals surface area (Å²) >= 11 is 4.48. The highest BCUT2D eigenvalue weighted by Crippen LogP contribution is 2.49. The third-order valence-electron chi connectivity index (χ3n) is 9.44. The number of aromatic nitrogens is 1. The molecule has 0 bridgehead atoms. The monoisotopic (exact) mass is 858 g/mol. The molecule has 5 atom stereocenters. The van der Waals surface area contributed by atoms with Gasteiger partial charge >= 0.3 is 11.9 Å². The Balaban J connectivity index is 1.52. The van der Waals surface area contributed by atoms with E-state index in [2.05, 4.69) is 66.9 Å². The Morgan fingerprint density at radius 2 is 1.87 bits per heavy atom. The van der Waals surface area contributed by atoms with Crippen LogP contribution in [0, 0.1) is 20.0 Å². The Labute approximate surface area is 296 Å². The minimum absolute atomic E-state index is 0.101. The zero-order valence-electron chi connectivity index (χ0n) is 26.7. The van der Waals surface area contributed by atoms with Crippen LogP contribution in [-0.2, 0) is 23.9 Å². The molecule has 2 aliphatic heterocycles. The van der Waals surface area contributed by atoms with Crippen LogP contribution in [0.15, 0.2) is 23.8 Å². The molecule has 2 N–H and O–H groups in total. The Morgan fingerprint density at radius 3 is 2.57 bits per heavy atom. The quantitative estimate of drug-likeness (QED) is 0.255. The van der Waals surface area contributed by atoms with Crippen molar-refractivity contribution in [2.45, 2.75) is 82.5 Å². The first-order valence-electron chi connectivity index (χ1n) is 15.5. The van der Waals surface area contributed by atoms with Crippen LogP contribution in [0.4, 0.5) is 0 Å². The van der Waals surface area contributed by atoms with Crippen molar-refractivity contribution >= 4 is 79.8 Å². The van der Waals surface area contributed by atoms with Crippen LogP contribution in [0.5, 0.6) is 5.75 Å². The minimum Gasteiger partial charge on any atom is -0.488 e. The van der Waals surface area contributed by atoms with Gasteiger partial charge in [-0.15, -0.1) is 0 Å². The number of benzene rings is 1. The summed E-state index contributed by atoms with van der Waals surface area (Å²) < 4.78 is 18.6. The van der Waals surface area contributed by atoms with E-state index in [-0.39, 0.29) is 30.5 Å². The van der Waals surface area contributed by atoms with Crippen LogP contribution in [0.3, 0.4) is 0 Å². The van der Waals surface area contributed by atoms with Gasteiger partial charge in [-0.05, 0) is 103 Å². The summed E-state index contributed by atoms with van der Waals surface area (Å²) in [4.78, 5) is 59.9. The van der Waals surface area contributed by atoms with E-state index >= 15 is 0 Å². The minimum atomic E-state index is -1.16. The van der Waals surface area contributed by atoms with Crippen molar-refractivity contribution in [3.63, 3.8) is 0 Å². The van der Waals surface area contributed by atoms with E-state index in [1.54, 1.807) is 18.0 Å². The molecule has 1 saturated heterocycles. The van der Waals surface area contributed by atoms with E-state index in [1.807, 2.05) is 19.9 Å². The second-order valence-corrected chi connectivity index (χ2v) is 14.5. The number of rotatable bonds is 5. The SMILES string of the molecule is CN[C@H]1CCCCC/C=C(/C)C2C[C@@]2(C(=O)OC)NC(=O)[C@@H]2C[C@@H](Oc3cc(C(=O)OC)nc4c(I)c(C)c(I)cc34)CN2C1=O. The van der Waals surface area contributed by atoms with Gasteiger partial charge in [0.25, 0.3) is 0 Å².